The number of aromatic nitrogens is 3. The van der Waals surface area contributed by atoms with Gasteiger partial charge in [-0.15, -0.1) is 5.10 Å². The minimum absolute atomic E-state index is 0.492. The molecule has 6 nitrogen and oxygen atoms in total. The number of nitrogens with zero attached hydrogens (tertiary/aromatic N) is 3. The van der Waals surface area contributed by atoms with Crippen LogP contribution >= 0.6 is 0 Å². The molecule has 1 N–H and O–H groups in total. The van der Waals surface area contributed by atoms with E-state index in [1.165, 1.54) is 0 Å². The molecule has 0 aliphatic rings. The third-order valence-corrected chi connectivity index (χ3v) is 1.96. The summed E-state index contributed by atoms with van der Waals surface area (Å²) >= 11 is 0. The lowest BCUT2D eigenvalue weighted by Gasteiger charge is -2.22. The largest absolute Gasteiger partial charge is 0.476 e. The SMILES string of the molecule is O=C(O)c1cn(CCOC(C(F)(F)F)C(F)(F)F)nn1. The van der Waals surface area contributed by atoms with Gasteiger partial charge in [-0.1, -0.05) is 5.21 Å². The number of hydrogen-bond donors (Lipinski definition) is 1. The Morgan fingerprint density at radius 2 is 1.85 bits per heavy atom. The Labute approximate surface area is 106 Å². The van der Waals surface area contributed by atoms with E-state index in [4.69, 9.17) is 5.11 Å². The van der Waals surface area contributed by atoms with Gasteiger partial charge >= 0.3 is 18.3 Å². The number of carboxylic acids is 1. The van der Waals surface area contributed by atoms with Crippen molar-refractivity contribution >= 4 is 5.97 Å². The monoisotopic (exact) mass is 307 g/mol. The van der Waals surface area contributed by atoms with Gasteiger partial charge in [-0.2, -0.15) is 26.3 Å². The number of carboxylic acid groups (broad SMARTS) is 1. The molecule has 1 rings (SSSR count). The minimum atomic E-state index is -5.59. The van der Waals surface area contributed by atoms with E-state index < -0.39 is 43.3 Å². The summed E-state index contributed by atoms with van der Waals surface area (Å²) in [4.78, 5) is 10.4. The van der Waals surface area contributed by atoms with Crippen molar-refractivity contribution in [1.29, 1.82) is 0 Å². The van der Waals surface area contributed by atoms with E-state index in [1.807, 2.05) is 0 Å². The lowest BCUT2D eigenvalue weighted by atomic mass is 10.3. The van der Waals surface area contributed by atoms with Gasteiger partial charge in [0.1, 0.15) is 0 Å². The summed E-state index contributed by atoms with van der Waals surface area (Å²) in [7, 11) is 0. The highest BCUT2D eigenvalue weighted by molar-refractivity contribution is 5.84. The highest BCUT2D eigenvalue weighted by atomic mass is 19.4. The summed E-state index contributed by atoms with van der Waals surface area (Å²) < 4.78 is 77.1. The number of ether oxygens (including phenoxy) is 1. The molecule has 0 amide bonds. The second kappa shape index (κ2) is 5.64. The van der Waals surface area contributed by atoms with Gasteiger partial charge in [0.05, 0.1) is 19.3 Å². The van der Waals surface area contributed by atoms with Crippen molar-refractivity contribution in [2.24, 2.45) is 0 Å². The van der Waals surface area contributed by atoms with Gasteiger partial charge in [-0.05, 0) is 0 Å². The quantitative estimate of drug-likeness (QED) is 0.834. The molecule has 1 aromatic heterocycles. The first-order chi connectivity index (χ1) is 9.01. The van der Waals surface area contributed by atoms with Gasteiger partial charge in [-0.3, -0.25) is 0 Å². The fourth-order valence-corrected chi connectivity index (χ4v) is 1.14. The molecular formula is C8H7F6N3O3. The summed E-state index contributed by atoms with van der Waals surface area (Å²) in [6.45, 7) is -1.48. The van der Waals surface area contributed by atoms with Crippen LogP contribution < -0.4 is 0 Å². The van der Waals surface area contributed by atoms with Crippen LogP contribution in [-0.2, 0) is 11.3 Å². The lowest BCUT2D eigenvalue weighted by Crippen LogP contribution is -2.44. The fraction of sp³-hybridized carbons (Fsp3) is 0.625. The first kappa shape index (κ1) is 16.2. The average molecular weight is 307 g/mol. The predicted octanol–water partition coefficient (Wildman–Crippen LogP) is 1.49. The summed E-state index contributed by atoms with van der Waals surface area (Å²) in [5.74, 6) is -1.43. The van der Waals surface area contributed by atoms with E-state index in [0.29, 0.717) is 0 Å². The van der Waals surface area contributed by atoms with Crippen LogP contribution in [0.3, 0.4) is 0 Å². The molecule has 0 aromatic carbocycles. The van der Waals surface area contributed by atoms with E-state index in [-0.39, 0.29) is 0 Å². The Morgan fingerprint density at radius 1 is 1.30 bits per heavy atom. The Morgan fingerprint density at radius 3 is 2.25 bits per heavy atom. The zero-order chi connectivity index (χ0) is 15.6. The van der Waals surface area contributed by atoms with Crippen molar-refractivity contribution in [2.45, 2.75) is 25.0 Å². The maximum Gasteiger partial charge on any atom is 0.423 e. The van der Waals surface area contributed by atoms with E-state index in [0.717, 1.165) is 10.9 Å². The van der Waals surface area contributed by atoms with Crippen molar-refractivity contribution in [3.05, 3.63) is 11.9 Å². The molecule has 12 heteroatoms. The number of aromatic carboxylic acids is 1. The highest BCUT2D eigenvalue weighted by Crippen LogP contribution is 2.35. The number of rotatable bonds is 5. The van der Waals surface area contributed by atoms with Gasteiger partial charge in [0.15, 0.2) is 5.69 Å². The first-order valence-electron chi connectivity index (χ1n) is 4.90. The van der Waals surface area contributed by atoms with Crippen LogP contribution in [-0.4, -0.2) is 51.1 Å². The Hall–Kier alpha value is -1.85. The average Bonchev–Trinajstić information content (AvgIpc) is 2.69. The Balaban J connectivity index is 2.58. The fourth-order valence-electron chi connectivity index (χ4n) is 1.14. The zero-order valence-corrected chi connectivity index (χ0v) is 9.44. The van der Waals surface area contributed by atoms with Gasteiger partial charge in [-0.25, -0.2) is 9.48 Å². The molecule has 0 aliphatic heterocycles. The van der Waals surface area contributed by atoms with E-state index in [9.17, 15) is 31.1 Å². The highest BCUT2D eigenvalue weighted by Gasteiger charge is 2.57. The van der Waals surface area contributed by atoms with Gasteiger partial charge < -0.3 is 9.84 Å². The normalized spacial score (nSPS) is 12.9. The molecule has 0 atom stereocenters. The predicted molar refractivity (Wildman–Crippen MR) is 48.8 cm³/mol. The van der Waals surface area contributed by atoms with Crippen LogP contribution in [0.5, 0.6) is 0 Å². The van der Waals surface area contributed by atoms with Crippen molar-refractivity contribution < 1.29 is 41.0 Å². The molecule has 0 saturated heterocycles. The van der Waals surface area contributed by atoms with Crippen molar-refractivity contribution in [2.75, 3.05) is 6.61 Å². The van der Waals surface area contributed by atoms with Crippen molar-refractivity contribution in [3.63, 3.8) is 0 Å². The summed E-state index contributed by atoms with van der Waals surface area (Å²) in [6, 6.07) is 0. The first-order valence-corrected chi connectivity index (χ1v) is 4.90. The molecule has 0 aliphatic carbocycles. The third kappa shape index (κ3) is 4.36. The van der Waals surface area contributed by atoms with E-state index >= 15 is 0 Å². The molecule has 0 bridgehead atoms. The summed E-state index contributed by atoms with van der Waals surface area (Å²) in [5.41, 5.74) is -0.492. The summed E-state index contributed by atoms with van der Waals surface area (Å²) in [5, 5.41) is 14.8. The van der Waals surface area contributed by atoms with E-state index in [1.54, 1.807) is 0 Å². The molecule has 1 aromatic rings. The lowest BCUT2D eigenvalue weighted by molar-refractivity contribution is -0.322. The molecule has 0 fully saturated rings. The molecule has 0 saturated carbocycles. The van der Waals surface area contributed by atoms with Gasteiger partial charge in [0.25, 0.3) is 0 Å². The maximum atomic E-state index is 12.1. The molecule has 0 radical (unpaired) electrons. The molecule has 20 heavy (non-hydrogen) atoms. The zero-order valence-electron chi connectivity index (χ0n) is 9.44. The second-order valence-corrected chi connectivity index (χ2v) is 3.51. The Bertz CT molecular complexity index is 455. The molecular weight excluding hydrogens is 300 g/mol. The second-order valence-electron chi connectivity index (χ2n) is 3.51. The van der Waals surface area contributed by atoms with Crippen LogP contribution in [0.1, 0.15) is 10.5 Å². The molecule has 114 valence electrons. The van der Waals surface area contributed by atoms with Crippen LogP contribution in [0.15, 0.2) is 6.20 Å². The maximum absolute atomic E-state index is 12.1. The molecule has 0 unspecified atom stereocenters. The smallest absolute Gasteiger partial charge is 0.423 e. The molecule has 0 spiro atoms. The van der Waals surface area contributed by atoms with Gasteiger partial charge in [0.2, 0.25) is 6.10 Å². The topological polar surface area (TPSA) is 77.2 Å². The number of alkyl halides is 6. The van der Waals surface area contributed by atoms with E-state index in [2.05, 4.69) is 15.0 Å². The van der Waals surface area contributed by atoms with Gasteiger partial charge in [0, 0.05) is 0 Å². The van der Waals surface area contributed by atoms with Crippen LogP contribution in [0.25, 0.3) is 0 Å². The number of hydrogen-bond acceptors (Lipinski definition) is 4. The van der Waals surface area contributed by atoms with Crippen molar-refractivity contribution in [1.82, 2.24) is 15.0 Å². The van der Waals surface area contributed by atoms with Crippen LogP contribution in [0, 0.1) is 0 Å². The third-order valence-electron chi connectivity index (χ3n) is 1.96. The number of halogens is 6. The minimum Gasteiger partial charge on any atom is -0.476 e. The molecule has 1 heterocycles. The van der Waals surface area contributed by atoms with Crippen LogP contribution in [0.4, 0.5) is 26.3 Å². The number of carbonyl (C=O) groups is 1. The summed E-state index contributed by atoms with van der Waals surface area (Å²) in [6.07, 6.45) is -14.2. The Kier molecular flexibility index (Phi) is 4.57. The van der Waals surface area contributed by atoms with Crippen molar-refractivity contribution in [3.8, 4) is 0 Å². The van der Waals surface area contributed by atoms with Crippen LogP contribution in [0.2, 0.25) is 0 Å². The standard InChI is InChI=1S/C8H7F6N3O3/c9-7(10,11)6(8(12,13)14)20-2-1-17-3-4(5(18)19)15-16-17/h3,6H,1-2H2,(H,18,19).